The molecule has 0 aliphatic rings. The number of esters is 1. The van der Waals surface area contributed by atoms with Gasteiger partial charge >= 0.3 is 5.97 Å². The van der Waals surface area contributed by atoms with Crippen molar-refractivity contribution in [3.05, 3.63) is 65.2 Å². The van der Waals surface area contributed by atoms with E-state index in [0.29, 0.717) is 25.2 Å². The van der Waals surface area contributed by atoms with Crippen LogP contribution in [0.1, 0.15) is 26.3 Å². The Bertz CT molecular complexity index is 652. The smallest absolute Gasteiger partial charge is 0.338 e. The summed E-state index contributed by atoms with van der Waals surface area (Å²) in [4.78, 5) is 22.8. The molecule has 0 radical (unpaired) electrons. The van der Waals surface area contributed by atoms with Crippen LogP contribution >= 0.6 is 0 Å². The lowest BCUT2D eigenvalue weighted by atomic mass is 10.1. The average molecular weight is 314 g/mol. The molecule has 0 aliphatic carbocycles. The quantitative estimate of drug-likeness (QED) is 0.426. The Morgan fingerprint density at radius 3 is 2.52 bits per heavy atom. The van der Waals surface area contributed by atoms with Crippen molar-refractivity contribution in [1.29, 1.82) is 0 Å². The minimum atomic E-state index is -0.571. The second kappa shape index (κ2) is 8.70. The third kappa shape index (κ3) is 4.66. The third-order valence-electron chi connectivity index (χ3n) is 3.19. The molecule has 0 unspecified atom stereocenters. The summed E-state index contributed by atoms with van der Waals surface area (Å²) < 4.78 is 15.7. The van der Waals surface area contributed by atoms with E-state index in [0.717, 1.165) is 5.56 Å². The number of hydrogen-bond donors (Lipinski definition) is 0. The first kappa shape index (κ1) is 16.7. The molecule has 0 atom stereocenters. The van der Waals surface area contributed by atoms with Gasteiger partial charge in [0.05, 0.1) is 31.5 Å². The average Bonchev–Trinajstić information content (AvgIpc) is 2.61. The van der Waals surface area contributed by atoms with Gasteiger partial charge in [0, 0.05) is 0 Å². The number of ether oxygens (including phenoxy) is 3. The number of benzene rings is 2. The summed E-state index contributed by atoms with van der Waals surface area (Å²) in [7, 11) is 1.27. The first-order valence-corrected chi connectivity index (χ1v) is 7.17. The van der Waals surface area contributed by atoms with Gasteiger partial charge in [0.1, 0.15) is 12.4 Å². The zero-order chi connectivity index (χ0) is 16.5. The number of methoxy groups -OCH3 is 1. The Morgan fingerprint density at radius 1 is 1.04 bits per heavy atom. The summed E-state index contributed by atoms with van der Waals surface area (Å²) in [5.74, 6) is -0.232. The van der Waals surface area contributed by atoms with Crippen LogP contribution in [-0.4, -0.2) is 32.6 Å². The Labute approximate surface area is 134 Å². The highest BCUT2D eigenvalue weighted by molar-refractivity contribution is 5.99. The first-order valence-electron chi connectivity index (χ1n) is 7.17. The molecule has 5 nitrogen and oxygen atoms in total. The zero-order valence-corrected chi connectivity index (χ0v) is 12.9. The summed E-state index contributed by atoms with van der Waals surface area (Å²) >= 11 is 0. The van der Waals surface area contributed by atoms with Gasteiger partial charge in [-0.1, -0.05) is 36.4 Å². The molecule has 0 saturated heterocycles. The summed E-state index contributed by atoms with van der Waals surface area (Å²) in [5, 5.41) is 0. The Hall–Kier alpha value is -2.66. The Morgan fingerprint density at radius 2 is 1.83 bits per heavy atom. The second-order valence-electron chi connectivity index (χ2n) is 4.71. The van der Waals surface area contributed by atoms with Gasteiger partial charge in [0.25, 0.3) is 0 Å². The molecule has 0 amide bonds. The maximum absolute atomic E-state index is 11.6. The van der Waals surface area contributed by atoms with E-state index in [9.17, 15) is 9.59 Å². The number of rotatable bonds is 8. The molecule has 0 saturated carbocycles. The van der Waals surface area contributed by atoms with E-state index < -0.39 is 5.97 Å². The molecule has 0 heterocycles. The maximum atomic E-state index is 11.6. The standard InChI is InChI=1S/C18H18O5/c1-21-18(20)15-8-5-9-17(16(15)12-19)23-11-10-22-13-14-6-3-2-4-7-14/h2-9,12H,10-11,13H2,1H3. The van der Waals surface area contributed by atoms with E-state index in [4.69, 9.17) is 9.47 Å². The minimum absolute atomic E-state index is 0.183. The number of aldehydes is 1. The fourth-order valence-corrected chi connectivity index (χ4v) is 2.05. The van der Waals surface area contributed by atoms with Gasteiger partial charge in [0.15, 0.2) is 6.29 Å². The molecule has 0 N–H and O–H groups in total. The van der Waals surface area contributed by atoms with E-state index in [1.807, 2.05) is 30.3 Å². The van der Waals surface area contributed by atoms with Crippen LogP contribution in [0.3, 0.4) is 0 Å². The summed E-state index contributed by atoms with van der Waals surface area (Å²) in [5.41, 5.74) is 1.45. The van der Waals surface area contributed by atoms with E-state index in [2.05, 4.69) is 4.74 Å². The SMILES string of the molecule is COC(=O)c1cccc(OCCOCc2ccccc2)c1C=O. The zero-order valence-electron chi connectivity index (χ0n) is 12.9. The molecule has 23 heavy (non-hydrogen) atoms. The molecule has 2 aromatic carbocycles. The summed E-state index contributed by atoms with van der Waals surface area (Å²) in [6.45, 7) is 1.14. The van der Waals surface area contributed by atoms with Crippen LogP contribution < -0.4 is 4.74 Å². The highest BCUT2D eigenvalue weighted by Gasteiger charge is 2.15. The fourth-order valence-electron chi connectivity index (χ4n) is 2.05. The fraction of sp³-hybridized carbons (Fsp3) is 0.222. The Balaban J connectivity index is 1.88. The van der Waals surface area contributed by atoms with Crippen molar-refractivity contribution in [3.8, 4) is 5.75 Å². The second-order valence-corrected chi connectivity index (χ2v) is 4.71. The molecule has 120 valence electrons. The van der Waals surface area contributed by atoms with E-state index in [1.165, 1.54) is 13.2 Å². The van der Waals surface area contributed by atoms with Gasteiger partial charge in [-0.25, -0.2) is 4.79 Å². The van der Waals surface area contributed by atoms with Gasteiger partial charge in [0.2, 0.25) is 0 Å². The highest BCUT2D eigenvalue weighted by Crippen LogP contribution is 2.21. The van der Waals surface area contributed by atoms with Crippen LogP contribution in [0, 0.1) is 0 Å². The largest absolute Gasteiger partial charge is 0.490 e. The molecule has 5 heteroatoms. The summed E-state index contributed by atoms with van der Waals surface area (Å²) in [6, 6.07) is 14.6. The van der Waals surface area contributed by atoms with Gasteiger partial charge < -0.3 is 14.2 Å². The predicted octanol–water partition coefficient (Wildman–Crippen LogP) is 2.88. The van der Waals surface area contributed by atoms with Crippen LogP contribution in [0.25, 0.3) is 0 Å². The summed E-state index contributed by atoms with van der Waals surface area (Å²) in [6.07, 6.45) is 0.590. The monoisotopic (exact) mass is 314 g/mol. The molecule has 2 aromatic rings. The van der Waals surface area contributed by atoms with Crippen LogP contribution in [0.2, 0.25) is 0 Å². The van der Waals surface area contributed by atoms with Gasteiger partial charge in [-0.15, -0.1) is 0 Å². The molecular weight excluding hydrogens is 296 g/mol. The van der Waals surface area contributed by atoms with Gasteiger partial charge in [-0.2, -0.15) is 0 Å². The predicted molar refractivity (Wildman–Crippen MR) is 84.8 cm³/mol. The molecule has 0 fully saturated rings. The van der Waals surface area contributed by atoms with Crippen molar-refractivity contribution < 1.29 is 23.8 Å². The van der Waals surface area contributed by atoms with Crippen molar-refractivity contribution in [2.45, 2.75) is 6.61 Å². The number of carbonyl (C=O) groups is 2. The first-order chi connectivity index (χ1) is 11.3. The van der Waals surface area contributed by atoms with Crippen molar-refractivity contribution in [1.82, 2.24) is 0 Å². The van der Waals surface area contributed by atoms with Crippen LogP contribution in [0.15, 0.2) is 48.5 Å². The Kier molecular flexibility index (Phi) is 6.32. The van der Waals surface area contributed by atoms with Crippen molar-refractivity contribution in [2.75, 3.05) is 20.3 Å². The topological polar surface area (TPSA) is 61.8 Å². The highest BCUT2D eigenvalue weighted by atomic mass is 16.5. The lowest BCUT2D eigenvalue weighted by Gasteiger charge is -2.11. The van der Waals surface area contributed by atoms with Crippen molar-refractivity contribution >= 4 is 12.3 Å². The minimum Gasteiger partial charge on any atom is -0.490 e. The van der Waals surface area contributed by atoms with Gasteiger partial charge in [-0.3, -0.25) is 4.79 Å². The van der Waals surface area contributed by atoms with Crippen LogP contribution in [0.5, 0.6) is 5.75 Å². The van der Waals surface area contributed by atoms with E-state index >= 15 is 0 Å². The maximum Gasteiger partial charge on any atom is 0.338 e. The molecule has 2 rings (SSSR count). The molecular formula is C18H18O5. The third-order valence-corrected chi connectivity index (χ3v) is 3.19. The van der Waals surface area contributed by atoms with Crippen LogP contribution in [0.4, 0.5) is 0 Å². The molecule has 0 aliphatic heterocycles. The number of hydrogen-bond acceptors (Lipinski definition) is 5. The molecule has 0 bridgehead atoms. The van der Waals surface area contributed by atoms with E-state index in [-0.39, 0.29) is 17.7 Å². The van der Waals surface area contributed by atoms with Crippen molar-refractivity contribution in [3.63, 3.8) is 0 Å². The van der Waals surface area contributed by atoms with Gasteiger partial charge in [-0.05, 0) is 17.7 Å². The lowest BCUT2D eigenvalue weighted by molar-refractivity contribution is 0.0597. The van der Waals surface area contributed by atoms with Crippen molar-refractivity contribution in [2.24, 2.45) is 0 Å². The normalized spacial score (nSPS) is 10.1. The molecule has 0 aromatic heterocycles. The number of carbonyl (C=O) groups excluding carboxylic acids is 2. The molecule has 0 spiro atoms. The van der Waals surface area contributed by atoms with E-state index in [1.54, 1.807) is 12.1 Å². The van der Waals surface area contributed by atoms with Crippen LogP contribution in [-0.2, 0) is 16.1 Å². The lowest BCUT2D eigenvalue weighted by Crippen LogP contribution is -2.11.